The van der Waals surface area contributed by atoms with Crippen molar-refractivity contribution in [2.24, 2.45) is 5.41 Å². The van der Waals surface area contributed by atoms with Crippen LogP contribution in [0.15, 0.2) is 54.6 Å². The van der Waals surface area contributed by atoms with E-state index in [0.717, 1.165) is 36.7 Å². The number of hydrogen-bond acceptors (Lipinski definition) is 5. The lowest BCUT2D eigenvalue weighted by Crippen LogP contribution is -2.47. The van der Waals surface area contributed by atoms with E-state index in [2.05, 4.69) is 11.0 Å². The molecule has 0 atom stereocenters. The lowest BCUT2D eigenvalue weighted by atomic mass is 9.98. The molecule has 0 aromatic heterocycles. The summed E-state index contributed by atoms with van der Waals surface area (Å²) in [7, 11) is 0. The van der Waals surface area contributed by atoms with Gasteiger partial charge in [0.05, 0.1) is 5.41 Å². The molecule has 1 aliphatic rings. The first-order valence-corrected chi connectivity index (χ1v) is 9.42. The summed E-state index contributed by atoms with van der Waals surface area (Å²) in [5.74, 6) is 1.53. The van der Waals surface area contributed by atoms with Gasteiger partial charge in [-0.2, -0.15) is 0 Å². The summed E-state index contributed by atoms with van der Waals surface area (Å²) in [5.41, 5.74) is 0.673. The summed E-state index contributed by atoms with van der Waals surface area (Å²) in [6.07, 6.45) is 0. The van der Waals surface area contributed by atoms with Gasteiger partial charge in [0.15, 0.2) is 0 Å². The smallest absolute Gasteiger partial charge is 0.330 e. The van der Waals surface area contributed by atoms with E-state index in [1.165, 1.54) is 0 Å². The average Bonchev–Trinajstić information content (AvgIpc) is 2.65. The molecular weight excluding hydrogens is 340 g/mol. The summed E-state index contributed by atoms with van der Waals surface area (Å²) in [4.78, 5) is 19.9. The molecule has 1 aliphatic heterocycles. The Morgan fingerprint density at radius 3 is 2.22 bits per heavy atom. The zero-order valence-corrected chi connectivity index (χ0v) is 16.4. The van der Waals surface area contributed by atoms with Crippen molar-refractivity contribution in [1.29, 1.82) is 0 Å². The first-order valence-electron chi connectivity index (χ1n) is 9.42. The highest BCUT2D eigenvalue weighted by molar-refractivity contribution is 5.75. The lowest BCUT2D eigenvalue weighted by Gasteiger charge is -2.34. The summed E-state index contributed by atoms with van der Waals surface area (Å²) in [6.45, 7) is 9.53. The van der Waals surface area contributed by atoms with Gasteiger partial charge in [0.25, 0.3) is 0 Å². The van der Waals surface area contributed by atoms with Crippen LogP contribution in [0.2, 0.25) is 0 Å². The average molecular weight is 368 g/mol. The fourth-order valence-corrected chi connectivity index (χ4v) is 2.82. The molecule has 1 heterocycles. The fraction of sp³-hybridized carbons (Fsp3) is 0.409. The number of nitrogens with zero attached hydrogens (tertiary/aromatic N) is 2. The van der Waals surface area contributed by atoms with Crippen molar-refractivity contribution < 1.29 is 14.4 Å². The van der Waals surface area contributed by atoms with Crippen LogP contribution in [0.1, 0.15) is 26.3 Å². The van der Waals surface area contributed by atoms with Crippen molar-refractivity contribution in [2.75, 3.05) is 26.2 Å². The van der Waals surface area contributed by atoms with Gasteiger partial charge in [-0.15, -0.1) is 5.06 Å². The second-order valence-corrected chi connectivity index (χ2v) is 7.86. The third kappa shape index (κ3) is 5.55. The number of carbonyl (C=O) groups is 1. The SMILES string of the molecule is CC(C)(C)C(=O)ON1CCN(Cc2ccccc2Oc2ccccc2)CC1. The molecule has 144 valence electrons. The summed E-state index contributed by atoms with van der Waals surface area (Å²) >= 11 is 0. The zero-order chi connectivity index (χ0) is 19.3. The molecule has 0 aliphatic carbocycles. The molecular formula is C22H28N2O3. The van der Waals surface area contributed by atoms with Gasteiger partial charge in [-0.1, -0.05) is 36.4 Å². The molecule has 0 radical (unpaired) electrons. The number of para-hydroxylation sites is 2. The number of carbonyl (C=O) groups excluding carboxylic acids is 1. The quantitative estimate of drug-likeness (QED) is 0.795. The van der Waals surface area contributed by atoms with Crippen molar-refractivity contribution >= 4 is 5.97 Å². The van der Waals surface area contributed by atoms with Gasteiger partial charge in [-0.05, 0) is 39.0 Å². The normalized spacial score (nSPS) is 16.1. The Morgan fingerprint density at radius 2 is 1.56 bits per heavy atom. The molecule has 1 fully saturated rings. The third-order valence-corrected chi connectivity index (χ3v) is 4.49. The maximum atomic E-state index is 12.0. The van der Waals surface area contributed by atoms with E-state index in [1.807, 2.05) is 69.3 Å². The highest BCUT2D eigenvalue weighted by atomic mass is 16.7. The Hall–Kier alpha value is -2.37. The van der Waals surface area contributed by atoms with Crippen LogP contribution < -0.4 is 4.74 Å². The van der Waals surface area contributed by atoms with E-state index in [-0.39, 0.29) is 5.97 Å². The monoisotopic (exact) mass is 368 g/mol. The summed E-state index contributed by atoms with van der Waals surface area (Å²) in [6, 6.07) is 18.0. The molecule has 5 heteroatoms. The largest absolute Gasteiger partial charge is 0.457 e. The van der Waals surface area contributed by atoms with Crippen LogP contribution in [0, 0.1) is 5.41 Å². The van der Waals surface area contributed by atoms with Crippen LogP contribution >= 0.6 is 0 Å². The molecule has 0 bridgehead atoms. The fourth-order valence-electron chi connectivity index (χ4n) is 2.82. The Kier molecular flexibility index (Phi) is 6.14. The molecule has 2 aromatic carbocycles. The standard InChI is InChI=1S/C22H28N2O3/c1-22(2,3)21(25)27-24-15-13-23(14-16-24)17-18-9-7-8-12-20(18)26-19-10-5-4-6-11-19/h4-12H,13-17H2,1-3H3. The molecule has 27 heavy (non-hydrogen) atoms. The molecule has 5 nitrogen and oxygen atoms in total. The van der Waals surface area contributed by atoms with Crippen LogP contribution in [0.4, 0.5) is 0 Å². The molecule has 1 saturated heterocycles. The Morgan fingerprint density at radius 1 is 0.926 bits per heavy atom. The van der Waals surface area contributed by atoms with E-state index in [4.69, 9.17) is 9.57 Å². The summed E-state index contributed by atoms with van der Waals surface area (Å²) < 4.78 is 6.06. The second kappa shape index (κ2) is 8.55. The molecule has 2 aromatic rings. The predicted octanol–water partition coefficient (Wildman–Crippen LogP) is 4.10. The van der Waals surface area contributed by atoms with Crippen molar-refractivity contribution in [2.45, 2.75) is 27.3 Å². The minimum atomic E-state index is -0.481. The number of rotatable bonds is 5. The van der Waals surface area contributed by atoms with Crippen molar-refractivity contribution in [1.82, 2.24) is 9.96 Å². The van der Waals surface area contributed by atoms with E-state index in [1.54, 1.807) is 5.06 Å². The number of piperazine rings is 1. The first kappa shape index (κ1) is 19.4. The second-order valence-electron chi connectivity index (χ2n) is 7.86. The lowest BCUT2D eigenvalue weighted by molar-refractivity contribution is -0.207. The van der Waals surface area contributed by atoms with Crippen LogP contribution in [-0.2, 0) is 16.2 Å². The third-order valence-electron chi connectivity index (χ3n) is 4.49. The minimum Gasteiger partial charge on any atom is -0.457 e. The molecule has 0 amide bonds. The van der Waals surface area contributed by atoms with Gasteiger partial charge in [0.2, 0.25) is 0 Å². The predicted molar refractivity (Wildman–Crippen MR) is 105 cm³/mol. The molecule has 0 spiro atoms. The van der Waals surface area contributed by atoms with Crippen molar-refractivity contribution in [3.8, 4) is 11.5 Å². The van der Waals surface area contributed by atoms with E-state index in [9.17, 15) is 4.79 Å². The molecule has 0 N–H and O–H groups in total. The number of hydroxylamine groups is 2. The van der Waals surface area contributed by atoms with Crippen LogP contribution in [0.3, 0.4) is 0 Å². The van der Waals surface area contributed by atoms with Gasteiger partial charge in [-0.25, -0.2) is 4.79 Å². The highest BCUT2D eigenvalue weighted by Gasteiger charge is 2.28. The van der Waals surface area contributed by atoms with Crippen molar-refractivity contribution in [3.63, 3.8) is 0 Å². The molecule has 0 unspecified atom stereocenters. The Balaban J connectivity index is 1.56. The highest BCUT2D eigenvalue weighted by Crippen LogP contribution is 2.26. The van der Waals surface area contributed by atoms with Gasteiger partial charge in [0.1, 0.15) is 11.5 Å². The maximum Gasteiger partial charge on any atom is 0.330 e. The molecule has 3 rings (SSSR count). The number of ether oxygens (including phenoxy) is 1. The van der Waals surface area contributed by atoms with E-state index < -0.39 is 5.41 Å². The Bertz CT molecular complexity index is 748. The van der Waals surface area contributed by atoms with Gasteiger partial charge >= 0.3 is 5.97 Å². The summed E-state index contributed by atoms with van der Waals surface area (Å²) in [5, 5.41) is 1.77. The Labute approximate surface area is 161 Å². The number of hydrogen-bond donors (Lipinski definition) is 0. The van der Waals surface area contributed by atoms with E-state index in [0.29, 0.717) is 13.1 Å². The van der Waals surface area contributed by atoms with Crippen molar-refractivity contribution in [3.05, 3.63) is 60.2 Å². The van der Waals surface area contributed by atoms with Gasteiger partial charge < -0.3 is 9.57 Å². The van der Waals surface area contributed by atoms with Crippen LogP contribution in [-0.4, -0.2) is 42.1 Å². The van der Waals surface area contributed by atoms with Gasteiger partial charge in [-0.3, -0.25) is 4.90 Å². The number of benzene rings is 2. The molecule has 0 saturated carbocycles. The van der Waals surface area contributed by atoms with Gasteiger partial charge in [0, 0.05) is 38.3 Å². The van der Waals surface area contributed by atoms with Crippen LogP contribution in [0.25, 0.3) is 0 Å². The minimum absolute atomic E-state index is 0.183. The van der Waals surface area contributed by atoms with Crippen LogP contribution in [0.5, 0.6) is 11.5 Å². The maximum absolute atomic E-state index is 12.0. The zero-order valence-electron chi connectivity index (χ0n) is 16.4. The van der Waals surface area contributed by atoms with E-state index >= 15 is 0 Å². The topological polar surface area (TPSA) is 42.0 Å². The first-order chi connectivity index (χ1) is 12.9.